The molecule has 0 amide bonds. The van der Waals surface area contributed by atoms with Gasteiger partial charge in [-0.05, 0) is 20.8 Å². The third kappa shape index (κ3) is 11.4. The van der Waals surface area contributed by atoms with Crippen molar-refractivity contribution < 1.29 is 26.9 Å². The number of hydrogen-bond donors (Lipinski definition) is 0. The number of carbonyl (C=O) groups excluding carboxylic acids is 1. The van der Waals surface area contributed by atoms with Crippen LogP contribution in [-0.2, 0) is 28.6 Å². The van der Waals surface area contributed by atoms with Crippen LogP contribution in [0.15, 0.2) is 0 Å². The summed E-state index contributed by atoms with van der Waals surface area (Å²) in [4.78, 5) is 11.1. The van der Waals surface area contributed by atoms with Crippen molar-refractivity contribution in [2.24, 2.45) is 0 Å². The van der Waals surface area contributed by atoms with Crippen molar-refractivity contribution in [3.05, 3.63) is 0 Å². The van der Waals surface area contributed by atoms with Crippen LogP contribution in [0.4, 0.5) is 0 Å². The predicted molar refractivity (Wildman–Crippen MR) is 57.5 cm³/mol. The van der Waals surface area contributed by atoms with Crippen molar-refractivity contribution in [2.45, 2.75) is 26.4 Å². The van der Waals surface area contributed by atoms with Crippen LogP contribution in [0.25, 0.3) is 0 Å². The van der Waals surface area contributed by atoms with Gasteiger partial charge in [0.2, 0.25) is 0 Å². The average molecular weight is 254 g/mol. The Morgan fingerprint density at radius 1 is 1.19 bits per heavy atom. The van der Waals surface area contributed by atoms with Crippen LogP contribution in [0.1, 0.15) is 20.8 Å². The molecule has 0 aromatic heterocycles. The van der Waals surface area contributed by atoms with Gasteiger partial charge in [0, 0.05) is 0 Å². The van der Waals surface area contributed by atoms with Gasteiger partial charge in [0.05, 0.1) is 19.5 Å². The van der Waals surface area contributed by atoms with Gasteiger partial charge in [-0.25, -0.2) is 4.79 Å². The summed E-state index contributed by atoms with van der Waals surface area (Å²) in [6.07, 6.45) is 0.945. The minimum atomic E-state index is -3.45. The fourth-order valence-corrected chi connectivity index (χ4v) is 1.14. The molecule has 0 fully saturated rings. The van der Waals surface area contributed by atoms with E-state index >= 15 is 0 Å². The number of rotatable bonds is 6. The zero-order valence-corrected chi connectivity index (χ0v) is 10.8. The Kier molecular flexibility index (Phi) is 5.91. The second-order valence-electron chi connectivity index (χ2n) is 4.17. The van der Waals surface area contributed by atoms with E-state index in [-0.39, 0.29) is 19.8 Å². The molecule has 0 aliphatic rings. The highest BCUT2D eigenvalue weighted by molar-refractivity contribution is 7.85. The molecule has 7 heteroatoms. The molecule has 0 bridgehead atoms. The van der Waals surface area contributed by atoms with Crippen LogP contribution in [0.2, 0.25) is 0 Å². The second-order valence-corrected chi connectivity index (χ2v) is 5.81. The molecule has 0 aromatic rings. The molecule has 0 atom stereocenters. The molecular weight excluding hydrogens is 236 g/mol. The summed E-state index contributed by atoms with van der Waals surface area (Å²) in [7, 11) is -3.45. The number of hydrogen-bond acceptors (Lipinski definition) is 6. The third-order valence-corrected chi connectivity index (χ3v) is 1.76. The molecule has 0 radical (unpaired) electrons. The van der Waals surface area contributed by atoms with E-state index < -0.39 is 21.7 Å². The van der Waals surface area contributed by atoms with Gasteiger partial charge in [-0.2, -0.15) is 8.42 Å². The highest BCUT2D eigenvalue weighted by Gasteiger charge is 2.15. The molecule has 0 N–H and O–H groups in total. The maximum atomic E-state index is 11.1. The first kappa shape index (κ1) is 15.3. The van der Waals surface area contributed by atoms with Crippen LogP contribution < -0.4 is 0 Å². The van der Waals surface area contributed by atoms with Gasteiger partial charge in [-0.3, -0.25) is 4.18 Å². The monoisotopic (exact) mass is 254 g/mol. The highest BCUT2D eigenvalue weighted by atomic mass is 32.2. The van der Waals surface area contributed by atoms with Crippen LogP contribution in [0.3, 0.4) is 0 Å². The lowest BCUT2D eigenvalue weighted by molar-refractivity contribution is -0.160. The fourth-order valence-electron chi connectivity index (χ4n) is 0.771. The molecule has 0 unspecified atom stereocenters. The summed E-state index contributed by atoms with van der Waals surface area (Å²) < 4.78 is 35.3. The van der Waals surface area contributed by atoms with E-state index in [0.29, 0.717) is 0 Å². The van der Waals surface area contributed by atoms with Gasteiger partial charge in [0.15, 0.2) is 0 Å². The molecule has 0 aliphatic carbocycles. The molecular formula is C9H18O6S. The minimum absolute atomic E-state index is 0.0202. The summed E-state index contributed by atoms with van der Waals surface area (Å²) in [5.74, 6) is -0.494. The van der Waals surface area contributed by atoms with E-state index in [1.807, 2.05) is 0 Å². The summed E-state index contributed by atoms with van der Waals surface area (Å²) >= 11 is 0. The molecule has 0 spiro atoms. The minimum Gasteiger partial charge on any atom is -0.458 e. The first-order chi connectivity index (χ1) is 7.10. The van der Waals surface area contributed by atoms with E-state index in [2.05, 4.69) is 4.18 Å². The van der Waals surface area contributed by atoms with E-state index in [0.717, 1.165) is 6.26 Å². The Balaban J connectivity index is 3.57. The van der Waals surface area contributed by atoms with Crippen LogP contribution in [0, 0.1) is 0 Å². The Bertz CT molecular complexity index is 313. The van der Waals surface area contributed by atoms with Crippen molar-refractivity contribution in [2.75, 3.05) is 26.1 Å². The van der Waals surface area contributed by atoms with Crippen molar-refractivity contribution >= 4 is 16.1 Å². The number of ether oxygens (including phenoxy) is 2. The normalized spacial score (nSPS) is 12.5. The smallest absolute Gasteiger partial charge is 0.332 e. The lowest BCUT2D eigenvalue weighted by atomic mass is 10.2. The van der Waals surface area contributed by atoms with E-state index in [1.165, 1.54) is 0 Å². The molecule has 0 rings (SSSR count). The molecule has 0 aromatic carbocycles. The molecule has 0 saturated carbocycles. The van der Waals surface area contributed by atoms with Gasteiger partial charge in [0.25, 0.3) is 10.1 Å². The number of carbonyl (C=O) groups is 1. The average Bonchev–Trinajstić information content (AvgIpc) is 1.97. The predicted octanol–water partition coefficient (Wildman–Crippen LogP) is 0.321. The maximum absolute atomic E-state index is 11.1. The maximum Gasteiger partial charge on any atom is 0.332 e. The first-order valence-electron chi connectivity index (χ1n) is 4.74. The van der Waals surface area contributed by atoms with E-state index in [1.54, 1.807) is 20.8 Å². The van der Waals surface area contributed by atoms with E-state index in [4.69, 9.17) is 9.47 Å². The summed E-state index contributed by atoms with van der Waals surface area (Å²) in [6, 6.07) is 0. The lowest BCUT2D eigenvalue weighted by Crippen LogP contribution is -2.27. The third-order valence-electron chi connectivity index (χ3n) is 1.17. The fraction of sp³-hybridized carbons (Fsp3) is 0.889. The molecule has 96 valence electrons. The molecule has 6 nitrogen and oxygen atoms in total. The Hall–Kier alpha value is -0.660. The van der Waals surface area contributed by atoms with Crippen LogP contribution in [0.5, 0.6) is 0 Å². The largest absolute Gasteiger partial charge is 0.458 e. The Labute approximate surface area is 96.0 Å². The molecule has 0 aliphatic heterocycles. The SMILES string of the molecule is CC(C)(C)OC(=O)COCCOS(C)(=O)=O. The van der Waals surface area contributed by atoms with Gasteiger partial charge >= 0.3 is 5.97 Å². The summed E-state index contributed by atoms with van der Waals surface area (Å²) in [5, 5.41) is 0. The standard InChI is InChI=1S/C9H18O6S/c1-9(2,3)15-8(10)7-13-5-6-14-16(4,11)12/h5-7H2,1-4H3. The second kappa shape index (κ2) is 6.17. The van der Waals surface area contributed by atoms with Crippen molar-refractivity contribution in [1.82, 2.24) is 0 Å². The van der Waals surface area contributed by atoms with Crippen molar-refractivity contribution in [1.29, 1.82) is 0 Å². The van der Waals surface area contributed by atoms with Crippen molar-refractivity contribution in [3.8, 4) is 0 Å². The van der Waals surface area contributed by atoms with Gasteiger partial charge in [0.1, 0.15) is 12.2 Å². The zero-order valence-electron chi connectivity index (χ0n) is 9.98. The summed E-state index contributed by atoms with van der Waals surface area (Å²) in [5.41, 5.74) is -0.552. The van der Waals surface area contributed by atoms with Gasteiger partial charge < -0.3 is 9.47 Å². The molecule has 16 heavy (non-hydrogen) atoms. The Morgan fingerprint density at radius 2 is 1.75 bits per heavy atom. The van der Waals surface area contributed by atoms with Crippen LogP contribution >= 0.6 is 0 Å². The van der Waals surface area contributed by atoms with Crippen LogP contribution in [-0.4, -0.2) is 46.1 Å². The summed E-state index contributed by atoms with van der Waals surface area (Å²) in [6.45, 7) is 4.94. The van der Waals surface area contributed by atoms with E-state index in [9.17, 15) is 13.2 Å². The quantitative estimate of drug-likeness (QED) is 0.386. The zero-order chi connectivity index (χ0) is 12.8. The lowest BCUT2D eigenvalue weighted by Gasteiger charge is -2.19. The molecule has 0 heterocycles. The highest BCUT2D eigenvalue weighted by Crippen LogP contribution is 2.06. The topological polar surface area (TPSA) is 78.9 Å². The Morgan fingerprint density at radius 3 is 2.19 bits per heavy atom. The van der Waals surface area contributed by atoms with Gasteiger partial charge in [-0.15, -0.1) is 0 Å². The molecule has 0 saturated heterocycles. The van der Waals surface area contributed by atoms with Crippen molar-refractivity contribution in [3.63, 3.8) is 0 Å². The van der Waals surface area contributed by atoms with Gasteiger partial charge in [-0.1, -0.05) is 0 Å². The first-order valence-corrected chi connectivity index (χ1v) is 6.56. The number of esters is 1.